The highest BCUT2D eigenvalue weighted by atomic mass is 32.1. The molecule has 2 nitrogen and oxygen atoms in total. The Hall–Kier alpha value is -2.65. The fraction of sp³-hybridized carbons (Fsp3) is 0.0952. The summed E-state index contributed by atoms with van der Waals surface area (Å²) in [5, 5.41) is 0. The lowest BCUT2D eigenvalue weighted by Crippen LogP contribution is -1.88. The summed E-state index contributed by atoms with van der Waals surface area (Å²) >= 11 is 1.48. The number of methoxy groups -OCH3 is 1. The summed E-state index contributed by atoms with van der Waals surface area (Å²) in [6.45, 7) is 2.05. The van der Waals surface area contributed by atoms with Crippen LogP contribution < -0.4 is 4.74 Å². The summed E-state index contributed by atoms with van der Waals surface area (Å²) in [7, 11) is 1.66. The van der Waals surface area contributed by atoms with Crippen LogP contribution in [0.2, 0.25) is 0 Å². The molecule has 3 heteroatoms. The summed E-state index contributed by atoms with van der Waals surface area (Å²) in [5.74, 6) is 0.829. The second-order valence-electron chi connectivity index (χ2n) is 5.47. The van der Waals surface area contributed by atoms with Gasteiger partial charge in [-0.3, -0.25) is 4.79 Å². The van der Waals surface area contributed by atoms with Crippen molar-refractivity contribution >= 4 is 23.2 Å². The molecule has 0 saturated heterocycles. The smallest absolute Gasteiger partial charge is 0.195 e. The first-order valence-electron chi connectivity index (χ1n) is 7.69. The third-order valence-electron chi connectivity index (χ3n) is 3.73. The fourth-order valence-electron chi connectivity index (χ4n) is 2.39. The van der Waals surface area contributed by atoms with Crippen molar-refractivity contribution in [1.29, 1.82) is 0 Å². The van der Waals surface area contributed by atoms with Crippen LogP contribution in [-0.4, -0.2) is 12.9 Å². The fourth-order valence-corrected chi connectivity index (χ4v) is 3.35. The molecule has 120 valence electrons. The van der Waals surface area contributed by atoms with Gasteiger partial charge in [-0.25, -0.2) is 0 Å². The third-order valence-corrected chi connectivity index (χ3v) is 4.86. The number of hydrogen-bond acceptors (Lipinski definition) is 3. The van der Waals surface area contributed by atoms with Crippen molar-refractivity contribution in [3.63, 3.8) is 0 Å². The molecular weight excluding hydrogens is 316 g/mol. The van der Waals surface area contributed by atoms with Crippen LogP contribution in [0.4, 0.5) is 0 Å². The number of aryl methyl sites for hydroxylation is 1. The molecule has 0 bridgehead atoms. The molecule has 0 aliphatic carbocycles. The zero-order valence-corrected chi connectivity index (χ0v) is 14.5. The van der Waals surface area contributed by atoms with Crippen molar-refractivity contribution in [3.05, 3.63) is 82.7 Å². The zero-order chi connectivity index (χ0) is 16.9. The van der Waals surface area contributed by atoms with E-state index >= 15 is 0 Å². The molecule has 0 spiro atoms. The molecule has 0 saturated carbocycles. The van der Waals surface area contributed by atoms with E-state index < -0.39 is 0 Å². The van der Waals surface area contributed by atoms with Crippen LogP contribution in [0.25, 0.3) is 16.5 Å². The molecule has 0 aliphatic heterocycles. The average molecular weight is 334 g/mol. The van der Waals surface area contributed by atoms with Gasteiger partial charge in [0.2, 0.25) is 0 Å². The third kappa shape index (κ3) is 3.63. The molecule has 2 aromatic carbocycles. The molecular formula is C21H18O2S. The van der Waals surface area contributed by atoms with Crippen molar-refractivity contribution in [2.75, 3.05) is 7.11 Å². The SMILES string of the molecule is COc1ccccc1-c1ccc(C(=O)/C=C/c2ccc(C)cc2)s1. The van der Waals surface area contributed by atoms with E-state index in [4.69, 9.17) is 4.74 Å². The molecule has 3 aromatic rings. The maximum absolute atomic E-state index is 12.4. The van der Waals surface area contributed by atoms with Gasteiger partial charge in [0.15, 0.2) is 5.78 Å². The number of carbonyl (C=O) groups is 1. The van der Waals surface area contributed by atoms with Gasteiger partial charge in [-0.1, -0.05) is 48.0 Å². The molecule has 0 unspecified atom stereocenters. The van der Waals surface area contributed by atoms with Gasteiger partial charge in [-0.05, 0) is 42.8 Å². The van der Waals surface area contributed by atoms with Crippen LogP contribution in [0, 0.1) is 6.92 Å². The summed E-state index contributed by atoms with van der Waals surface area (Å²) < 4.78 is 5.39. The Morgan fingerprint density at radius 2 is 1.75 bits per heavy atom. The number of rotatable bonds is 5. The van der Waals surface area contributed by atoms with Crippen LogP contribution in [0.1, 0.15) is 20.8 Å². The lowest BCUT2D eigenvalue weighted by Gasteiger charge is -2.05. The molecule has 0 radical (unpaired) electrons. The predicted octanol–water partition coefficient (Wildman–Crippen LogP) is 5.63. The van der Waals surface area contributed by atoms with Gasteiger partial charge in [0.05, 0.1) is 12.0 Å². The van der Waals surface area contributed by atoms with E-state index in [9.17, 15) is 4.79 Å². The monoisotopic (exact) mass is 334 g/mol. The number of thiophene rings is 1. The number of hydrogen-bond donors (Lipinski definition) is 0. The van der Waals surface area contributed by atoms with Crippen LogP contribution in [0.3, 0.4) is 0 Å². The zero-order valence-electron chi connectivity index (χ0n) is 13.7. The van der Waals surface area contributed by atoms with E-state index in [2.05, 4.69) is 0 Å². The van der Waals surface area contributed by atoms with E-state index in [1.165, 1.54) is 16.9 Å². The summed E-state index contributed by atoms with van der Waals surface area (Å²) in [5.41, 5.74) is 3.24. The van der Waals surface area contributed by atoms with Gasteiger partial charge >= 0.3 is 0 Å². The Balaban J connectivity index is 1.80. The van der Waals surface area contributed by atoms with Gasteiger partial charge in [0.1, 0.15) is 5.75 Å². The van der Waals surface area contributed by atoms with Gasteiger partial charge in [0, 0.05) is 10.4 Å². The van der Waals surface area contributed by atoms with Crippen molar-refractivity contribution < 1.29 is 9.53 Å². The number of benzene rings is 2. The molecule has 3 rings (SSSR count). The minimum atomic E-state index is 0.0155. The number of para-hydroxylation sites is 1. The van der Waals surface area contributed by atoms with Gasteiger partial charge in [-0.15, -0.1) is 11.3 Å². The Morgan fingerprint density at radius 1 is 1.00 bits per heavy atom. The van der Waals surface area contributed by atoms with Crippen molar-refractivity contribution in [1.82, 2.24) is 0 Å². The summed E-state index contributed by atoms with van der Waals surface area (Å²) in [4.78, 5) is 14.1. The predicted molar refractivity (Wildman–Crippen MR) is 101 cm³/mol. The highest BCUT2D eigenvalue weighted by molar-refractivity contribution is 7.17. The van der Waals surface area contributed by atoms with Crippen LogP contribution in [0.15, 0.2) is 66.7 Å². The van der Waals surface area contributed by atoms with Crippen molar-refractivity contribution in [2.45, 2.75) is 6.92 Å². The number of allylic oxidation sites excluding steroid dienone is 1. The topological polar surface area (TPSA) is 26.3 Å². The van der Waals surface area contributed by atoms with Gasteiger partial charge < -0.3 is 4.74 Å². The quantitative estimate of drug-likeness (QED) is 0.446. The lowest BCUT2D eigenvalue weighted by molar-refractivity contribution is 0.105. The molecule has 1 heterocycles. The van der Waals surface area contributed by atoms with Crippen LogP contribution in [0.5, 0.6) is 5.75 Å². The van der Waals surface area contributed by atoms with Gasteiger partial charge in [0.25, 0.3) is 0 Å². The molecule has 0 N–H and O–H groups in total. The maximum Gasteiger partial charge on any atom is 0.195 e. The maximum atomic E-state index is 12.4. The van der Waals surface area contributed by atoms with E-state index in [1.54, 1.807) is 13.2 Å². The van der Waals surface area contributed by atoms with E-state index in [-0.39, 0.29) is 5.78 Å². The first-order chi connectivity index (χ1) is 11.7. The van der Waals surface area contributed by atoms with E-state index in [0.717, 1.165) is 26.6 Å². The number of ketones is 1. The molecule has 0 fully saturated rings. The summed E-state index contributed by atoms with van der Waals surface area (Å²) in [6.07, 6.45) is 3.48. The van der Waals surface area contributed by atoms with E-state index in [0.29, 0.717) is 0 Å². The molecule has 1 aromatic heterocycles. The standard InChI is InChI=1S/C21H18O2S/c1-15-7-9-16(10-8-15)11-12-18(22)21-14-13-20(24-21)17-5-3-4-6-19(17)23-2/h3-14H,1-2H3/b12-11+. The first kappa shape index (κ1) is 16.2. The number of carbonyl (C=O) groups excluding carboxylic acids is 1. The Kier molecular flexibility index (Phi) is 4.92. The molecule has 0 aliphatic rings. The highest BCUT2D eigenvalue weighted by Gasteiger charge is 2.11. The minimum Gasteiger partial charge on any atom is -0.496 e. The average Bonchev–Trinajstić information content (AvgIpc) is 3.11. The van der Waals surface area contributed by atoms with Crippen molar-refractivity contribution in [2.24, 2.45) is 0 Å². The molecule has 24 heavy (non-hydrogen) atoms. The highest BCUT2D eigenvalue weighted by Crippen LogP contribution is 2.34. The summed E-state index contributed by atoms with van der Waals surface area (Å²) in [6, 6.07) is 19.8. The first-order valence-corrected chi connectivity index (χ1v) is 8.51. The van der Waals surface area contributed by atoms with Crippen LogP contribution in [-0.2, 0) is 0 Å². The molecule has 0 atom stereocenters. The number of ether oxygens (including phenoxy) is 1. The van der Waals surface area contributed by atoms with E-state index in [1.807, 2.05) is 73.7 Å². The largest absolute Gasteiger partial charge is 0.496 e. The second kappa shape index (κ2) is 7.28. The van der Waals surface area contributed by atoms with Crippen molar-refractivity contribution in [3.8, 4) is 16.2 Å². The Morgan fingerprint density at radius 3 is 2.50 bits per heavy atom. The Bertz CT molecular complexity index is 873. The second-order valence-corrected chi connectivity index (χ2v) is 6.56. The van der Waals surface area contributed by atoms with Gasteiger partial charge in [-0.2, -0.15) is 0 Å². The minimum absolute atomic E-state index is 0.0155. The Labute approximate surface area is 146 Å². The van der Waals surface area contributed by atoms with Crippen LogP contribution >= 0.6 is 11.3 Å². The normalized spacial score (nSPS) is 10.9. The lowest BCUT2D eigenvalue weighted by atomic mass is 10.1. The molecule has 0 amide bonds.